The lowest BCUT2D eigenvalue weighted by atomic mass is 10.1. The van der Waals surface area contributed by atoms with Gasteiger partial charge in [0.25, 0.3) is 0 Å². The van der Waals surface area contributed by atoms with Gasteiger partial charge in [0.05, 0.1) is 6.61 Å². The van der Waals surface area contributed by atoms with E-state index >= 15 is 0 Å². The third-order valence-electron chi connectivity index (χ3n) is 3.89. The Kier molecular flexibility index (Phi) is 14.3. The predicted molar refractivity (Wildman–Crippen MR) is 103 cm³/mol. The molecular formula is C20H34O2S. The monoisotopic (exact) mass is 338 g/mol. The van der Waals surface area contributed by atoms with Gasteiger partial charge in [0.15, 0.2) is 0 Å². The maximum Gasteiger partial charge on any atom is 0.119 e. The number of hydrogen-bond donors (Lipinski definition) is 1. The zero-order chi connectivity index (χ0) is 16.4. The second-order valence-electron chi connectivity index (χ2n) is 6.03. The first-order valence-corrected chi connectivity index (χ1v) is 10.5. The van der Waals surface area contributed by atoms with Crippen molar-refractivity contribution in [2.24, 2.45) is 0 Å². The molecule has 3 heteroatoms. The maximum absolute atomic E-state index is 8.69. The van der Waals surface area contributed by atoms with Gasteiger partial charge < -0.3 is 9.84 Å². The van der Waals surface area contributed by atoms with E-state index in [9.17, 15) is 0 Å². The summed E-state index contributed by atoms with van der Waals surface area (Å²) in [7, 11) is 0. The Morgan fingerprint density at radius 1 is 0.696 bits per heavy atom. The Morgan fingerprint density at radius 2 is 1.26 bits per heavy atom. The fourth-order valence-corrected chi connectivity index (χ4v) is 3.46. The Hall–Kier alpha value is -0.670. The van der Waals surface area contributed by atoms with Gasteiger partial charge >= 0.3 is 0 Å². The lowest BCUT2D eigenvalue weighted by Crippen LogP contribution is -1.96. The molecular weight excluding hydrogens is 304 g/mol. The Labute approximate surface area is 147 Å². The Bertz CT molecular complexity index is 343. The quantitative estimate of drug-likeness (QED) is 0.392. The van der Waals surface area contributed by atoms with Gasteiger partial charge in [-0.15, -0.1) is 0 Å². The van der Waals surface area contributed by atoms with Crippen molar-refractivity contribution in [2.75, 3.05) is 24.7 Å². The van der Waals surface area contributed by atoms with Gasteiger partial charge in [0, 0.05) is 6.61 Å². The van der Waals surface area contributed by atoms with Crippen LogP contribution in [0.5, 0.6) is 5.75 Å². The molecule has 0 aliphatic carbocycles. The molecule has 132 valence electrons. The number of para-hydroxylation sites is 1. The molecule has 2 nitrogen and oxygen atoms in total. The van der Waals surface area contributed by atoms with Crippen molar-refractivity contribution in [2.45, 2.75) is 64.2 Å². The van der Waals surface area contributed by atoms with Crippen LogP contribution in [-0.2, 0) is 0 Å². The number of hydrogen-bond acceptors (Lipinski definition) is 3. The maximum atomic E-state index is 8.69. The van der Waals surface area contributed by atoms with Crippen LogP contribution in [0.25, 0.3) is 0 Å². The normalized spacial score (nSPS) is 10.8. The molecule has 0 unspecified atom stereocenters. The van der Waals surface area contributed by atoms with Crippen LogP contribution in [0.4, 0.5) is 0 Å². The average Bonchev–Trinajstić information content (AvgIpc) is 2.59. The average molecular weight is 339 g/mol. The van der Waals surface area contributed by atoms with E-state index in [1.54, 1.807) is 0 Å². The third kappa shape index (κ3) is 13.5. The highest BCUT2D eigenvalue weighted by atomic mass is 32.2. The number of aliphatic hydroxyl groups excluding tert-OH is 1. The van der Waals surface area contributed by atoms with E-state index in [-0.39, 0.29) is 0 Å². The highest BCUT2D eigenvalue weighted by Gasteiger charge is 1.95. The SMILES string of the molecule is OCCCSCCCCCCCCCCCOc1ccccc1. The van der Waals surface area contributed by atoms with Crippen LogP contribution in [-0.4, -0.2) is 29.8 Å². The highest BCUT2D eigenvalue weighted by molar-refractivity contribution is 7.99. The summed E-state index contributed by atoms with van der Waals surface area (Å²) in [6.07, 6.45) is 13.0. The van der Waals surface area contributed by atoms with Gasteiger partial charge in [-0.2, -0.15) is 11.8 Å². The molecule has 0 spiro atoms. The van der Waals surface area contributed by atoms with E-state index in [0.717, 1.165) is 24.5 Å². The molecule has 1 aromatic carbocycles. The first-order valence-electron chi connectivity index (χ1n) is 9.30. The van der Waals surface area contributed by atoms with Crippen LogP contribution in [0.2, 0.25) is 0 Å². The van der Waals surface area contributed by atoms with Gasteiger partial charge in [0.1, 0.15) is 5.75 Å². The molecule has 0 aromatic heterocycles. The van der Waals surface area contributed by atoms with Crippen LogP contribution < -0.4 is 4.74 Å². The number of ether oxygens (including phenoxy) is 1. The standard InChI is InChI=1S/C20H34O2S/c21-16-13-19-23-18-12-7-5-3-1-2-4-6-11-17-22-20-14-9-8-10-15-20/h8-10,14-15,21H,1-7,11-13,16-19H2. The van der Waals surface area contributed by atoms with Gasteiger partial charge in [-0.05, 0) is 42.9 Å². The zero-order valence-corrected chi connectivity index (χ0v) is 15.4. The van der Waals surface area contributed by atoms with E-state index in [1.807, 2.05) is 42.1 Å². The summed E-state index contributed by atoms with van der Waals surface area (Å²) >= 11 is 1.98. The molecule has 1 aromatic rings. The molecule has 0 amide bonds. The van der Waals surface area contributed by atoms with E-state index in [4.69, 9.17) is 9.84 Å². The van der Waals surface area contributed by atoms with Gasteiger partial charge in [-0.25, -0.2) is 0 Å². The molecule has 0 aliphatic heterocycles. The number of rotatable bonds is 16. The molecule has 0 saturated heterocycles. The van der Waals surface area contributed by atoms with Crippen molar-refractivity contribution in [3.63, 3.8) is 0 Å². The molecule has 0 bridgehead atoms. The molecule has 0 atom stereocenters. The first kappa shape index (κ1) is 20.4. The van der Waals surface area contributed by atoms with Crippen molar-refractivity contribution in [3.05, 3.63) is 30.3 Å². The summed E-state index contributed by atoms with van der Waals surface area (Å²) in [4.78, 5) is 0. The van der Waals surface area contributed by atoms with Crippen LogP contribution in [0, 0.1) is 0 Å². The van der Waals surface area contributed by atoms with Gasteiger partial charge in [-0.1, -0.05) is 63.1 Å². The minimum absolute atomic E-state index is 0.339. The number of benzene rings is 1. The molecule has 0 heterocycles. The minimum atomic E-state index is 0.339. The lowest BCUT2D eigenvalue weighted by molar-refractivity contribution is 0.296. The topological polar surface area (TPSA) is 29.5 Å². The summed E-state index contributed by atoms with van der Waals surface area (Å²) in [5, 5.41) is 8.69. The molecule has 0 radical (unpaired) electrons. The number of unbranched alkanes of at least 4 members (excludes halogenated alkanes) is 8. The summed E-state index contributed by atoms with van der Waals surface area (Å²) in [6.45, 7) is 1.18. The summed E-state index contributed by atoms with van der Waals surface area (Å²) in [5.74, 6) is 3.37. The summed E-state index contributed by atoms with van der Waals surface area (Å²) in [6, 6.07) is 10.1. The second-order valence-corrected chi connectivity index (χ2v) is 7.26. The summed E-state index contributed by atoms with van der Waals surface area (Å²) < 4.78 is 5.70. The number of thioether (sulfide) groups is 1. The Balaban J connectivity index is 1.72. The minimum Gasteiger partial charge on any atom is -0.494 e. The van der Waals surface area contributed by atoms with E-state index in [1.165, 1.54) is 63.5 Å². The van der Waals surface area contributed by atoms with Crippen LogP contribution >= 0.6 is 11.8 Å². The lowest BCUT2D eigenvalue weighted by Gasteiger charge is -2.06. The summed E-state index contributed by atoms with van der Waals surface area (Å²) in [5.41, 5.74) is 0. The highest BCUT2D eigenvalue weighted by Crippen LogP contribution is 2.13. The molecule has 23 heavy (non-hydrogen) atoms. The third-order valence-corrected chi connectivity index (χ3v) is 5.05. The molecule has 1 rings (SSSR count). The van der Waals surface area contributed by atoms with Crippen LogP contribution in [0.15, 0.2) is 30.3 Å². The van der Waals surface area contributed by atoms with Gasteiger partial charge in [-0.3, -0.25) is 0 Å². The van der Waals surface area contributed by atoms with Crippen molar-refractivity contribution in [1.82, 2.24) is 0 Å². The van der Waals surface area contributed by atoms with Crippen molar-refractivity contribution in [3.8, 4) is 5.75 Å². The van der Waals surface area contributed by atoms with E-state index in [0.29, 0.717) is 6.61 Å². The molecule has 0 saturated carbocycles. The second kappa shape index (κ2) is 16.2. The fourth-order valence-electron chi connectivity index (χ4n) is 2.52. The van der Waals surface area contributed by atoms with E-state index < -0.39 is 0 Å². The molecule has 1 N–H and O–H groups in total. The molecule has 0 aliphatic rings. The first-order chi connectivity index (χ1) is 11.4. The van der Waals surface area contributed by atoms with E-state index in [2.05, 4.69) is 0 Å². The van der Waals surface area contributed by atoms with Crippen molar-refractivity contribution in [1.29, 1.82) is 0 Å². The van der Waals surface area contributed by atoms with Crippen LogP contribution in [0.1, 0.15) is 64.2 Å². The number of aliphatic hydroxyl groups is 1. The van der Waals surface area contributed by atoms with Crippen molar-refractivity contribution < 1.29 is 9.84 Å². The zero-order valence-electron chi connectivity index (χ0n) is 14.5. The molecule has 0 fully saturated rings. The fraction of sp³-hybridized carbons (Fsp3) is 0.700. The van der Waals surface area contributed by atoms with Crippen LogP contribution in [0.3, 0.4) is 0 Å². The van der Waals surface area contributed by atoms with Crippen molar-refractivity contribution >= 4 is 11.8 Å². The Morgan fingerprint density at radius 3 is 1.91 bits per heavy atom. The predicted octanol–water partition coefficient (Wildman–Crippen LogP) is 5.69. The van der Waals surface area contributed by atoms with Gasteiger partial charge in [0.2, 0.25) is 0 Å². The smallest absolute Gasteiger partial charge is 0.119 e. The largest absolute Gasteiger partial charge is 0.494 e.